The molecule has 0 unspecified atom stereocenters. The van der Waals surface area contributed by atoms with Gasteiger partial charge in [-0.25, -0.2) is 9.07 Å². The summed E-state index contributed by atoms with van der Waals surface area (Å²) in [4.78, 5) is 2.30. The van der Waals surface area contributed by atoms with Crippen LogP contribution in [0.5, 0.6) is 0 Å². The molecule has 4 rings (SSSR count). The first kappa shape index (κ1) is 20.1. The molecule has 2 heterocycles. The molecule has 0 saturated heterocycles. The molecule has 10 heteroatoms. The van der Waals surface area contributed by atoms with E-state index in [-0.39, 0.29) is 16.4 Å². The van der Waals surface area contributed by atoms with Crippen molar-refractivity contribution in [2.75, 3.05) is 14.1 Å². The third kappa shape index (κ3) is 3.58. The smallest absolute Gasteiger partial charge is 0.283 e. The summed E-state index contributed by atoms with van der Waals surface area (Å²) in [5.74, 6) is 0.221. The van der Waals surface area contributed by atoms with E-state index < -0.39 is 10.0 Å². The first-order valence-electron chi connectivity index (χ1n) is 8.82. The standard InChI is InChI=1S/C20H16FN5O2S2/c1-25(2)12-23-30(27,28)16-6-4-15(5-7-16)26-19-17-8-3-14(21)9-13(17)11-29-20(19)18(10-22)24-26/h3-9,12H,11H2,1-2H3/b23-12+. The third-order valence-electron chi connectivity index (χ3n) is 4.44. The average molecular weight is 442 g/mol. The molecule has 0 N–H and O–H groups in total. The molecule has 0 bridgehead atoms. The Morgan fingerprint density at radius 1 is 1.27 bits per heavy atom. The van der Waals surface area contributed by atoms with E-state index in [4.69, 9.17) is 0 Å². The molecule has 0 saturated carbocycles. The van der Waals surface area contributed by atoms with Crippen LogP contribution < -0.4 is 0 Å². The molecule has 30 heavy (non-hydrogen) atoms. The van der Waals surface area contributed by atoms with E-state index in [1.54, 1.807) is 37.0 Å². The van der Waals surface area contributed by atoms with Gasteiger partial charge in [0, 0.05) is 25.4 Å². The molecule has 0 amide bonds. The van der Waals surface area contributed by atoms with Gasteiger partial charge in [-0.2, -0.15) is 18.8 Å². The van der Waals surface area contributed by atoms with Crippen molar-refractivity contribution in [3.8, 4) is 23.0 Å². The quantitative estimate of drug-likeness (QED) is 0.455. The van der Waals surface area contributed by atoms with Crippen molar-refractivity contribution >= 4 is 28.1 Å². The predicted molar refractivity (Wildman–Crippen MR) is 113 cm³/mol. The fraction of sp³-hybridized carbons (Fsp3) is 0.150. The first-order valence-corrected chi connectivity index (χ1v) is 11.2. The number of hydrogen-bond acceptors (Lipinski definition) is 5. The normalized spacial score (nSPS) is 13.0. The minimum atomic E-state index is -3.82. The van der Waals surface area contributed by atoms with Gasteiger partial charge in [-0.3, -0.25) is 0 Å². The van der Waals surface area contributed by atoms with Crippen LogP contribution in [0.25, 0.3) is 16.9 Å². The second-order valence-corrected chi connectivity index (χ2v) is 9.41. The highest BCUT2D eigenvalue weighted by Crippen LogP contribution is 2.44. The maximum Gasteiger partial charge on any atom is 0.283 e. The highest BCUT2D eigenvalue weighted by atomic mass is 32.2. The van der Waals surface area contributed by atoms with Gasteiger partial charge in [0.25, 0.3) is 10.0 Å². The Kier molecular flexibility index (Phi) is 5.09. The van der Waals surface area contributed by atoms with Crippen LogP contribution in [0.1, 0.15) is 11.3 Å². The molecule has 0 atom stereocenters. The van der Waals surface area contributed by atoms with E-state index in [9.17, 15) is 18.1 Å². The maximum absolute atomic E-state index is 13.7. The minimum absolute atomic E-state index is 0.0442. The van der Waals surface area contributed by atoms with Crippen molar-refractivity contribution in [3.63, 3.8) is 0 Å². The van der Waals surface area contributed by atoms with E-state index in [2.05, 4.69) is 15.6 Å². The minimum Gasteiger partial charge on any atom is -0.368 e. The van der Waals surface area contributed by atoms with E-state index >= 15 is 0 Å². The molecular formula is C20H16FN5O2S2. The molecule has 2 aromatic carbocycles. The van der Waals surface area contributed by atoms with Gasteiger partial charge in [0.2, 0.25) is 0 Å². The molecule has 0 aliphatic carbocycles. The lowest BCUT2D eigenvalue weighted by Crippen LogP contribution is -2.10. The van der Waals surface area contributed by atoms with Gasteiger partial charge in [0.05, 0.1) is 21.2 Å². The molecule has 1 aromatic heterocycles. The number of nitrogens with zero attached hydrogens (tertiary/aromatic N) is 5. The van der Waals surface area contributed by atoms with Crippen LogP contribution in [0.3, 0.4) is 0 Å². The molecule has 1 aliphatic heterocycles. The summed E-state index contributed by atoms with van der Waals surface area (Å²) in [5.41, 5.74) is 3.17. The van der Waals surface area contributed by atoms with Crippen molar-refractivity contribution in [3.05, 3.63) is 59.5 Å². The highest BCUT2D eigenvalue weighted by Gasteiger charge is 2.27. The number of fused-ring (bicyclic) bond motifs is 3. The van der Waals surface area contributed by atoms with Crippen LogP contribution in [0.15, 0.2) is 56.7 Å². The third-order valence-corrected chi connectivity index (χ3v) is 6.81. The molecule has 0 fully saturated rings. The van der Waals surface area contributed by atoms with Gasteiger partial charge >= 0.3 is 0 Å². The lowest BCUT2D eigenvalue weighted by Gasteiger charge is -2.18. The van der Waals surface area contributed by atoms with Crippen LogP contribution in [-0.2, 0) is 15.8 Å². The monoisotopic (exact) mass is 441 g/mol. The maximum atomic E-state index is 13.7. The van der Waals surface area contributed by atoms with E-state index in [1.165, 1.54) is 47.3 Å². The SMILES string of the molecule is CN(C)/C=N/S(=O)(=O)c1ccc(-n2nc(C#N)c3c2-c2ccc(F)cc2CS3)cc1. The van der Waals surface area contributed by atoms with Crippen LogP contribution in [0.2, 0.25) is 0 Å². The summed E-state index contributed by atoms with van der Waals surface area (Å²) < 4.78 is 43.6. The van der Waals surface area contributed by atoms with Gasteiger partial charge < -0.3 is 4.90 Å². The second-order valence-electron chi connectivity index (χ2n) is 6.79. The van der Waals surface area contributed by atoms with Crippen molar-refractivity contribution < 1.29 is 12.8 Å². The summed E-state index contributed by atoms with van der Waals surface area (Å²) >= 11 is 1.43. The van der Waals surface area contributed by atoms with E-state index in [0.717, 1.165) is 16.0 Å². The Hall–Kier alpha value is -3.16. The topological polar surface area (TPSA) is 91.3 Å². The summed E-state index contributed by atoms with van der Waals surface area (Å²) in [6.07, 6.45) is 1.22. The Morgan fingerprint density at radius 2 is 2.00 bits per heavy atom. The summed E-state index contributed by atoms with van der Waals surface area (Å²) in [6, 6.07) is 12.7. The van der Waals surface area contributed by atoms with Gasteiger partial charge in [0.15, 0.2) is 5.69 Å². The fourth-order valence-electron chi connectivity index (χ4n) is 3.08. The fourth-order valence-corrected chi connectivity index (χ4v) is 5.09. The first-order chi connectivity index (χ1) is 14.3. The number of rotatable bonds is 4. The number of benzene rings is 2. The number of nitriles is 1. The van der Waals surface area contributed by atoms with E-state index in [1.807, 2.05) is 0 Å². The van der Waals surface area contributed by atoms with Gasteiger partial charge in [-0.1, -0.05) is 0 Å². The molecule has 0 spiro atoms. The van der Waals surface area contributed by atoms with E-state index in [0.29, 0.717) is 17.1 Å². The highest BCUT2D eigenvalue weighted by molar-refractivity contribution is 7.98. The van der Waals surface area contributed by atoms with Crippen LogP contribution in [0.4, 0.5) is 4.39 Å². The molecule has 152 valence electrons. The van der Waals surface area contributed by atoms with Crippen LogP contribution in [-0.4, -0.2) is 43.5 Å². The Labute approximate surface area is 177 Å². The zero-order valence-corrected chi connectivity index (χ0v) is 17.7. The number of sulfonamides is 1. The zero-order chi connectivity index (χ0) is 21.5. The summed E-state index contributed by atoms with van der Waals surface area (Å²) in [7, 11) is -0.468. The van der Waals surface area contributed by atoms with Crippen LogP contribution >= 0.6 is 11.8 Å². The molecule has 3 aromatic rings. The second kappa shape index (κ2) is 7.59. The summed E-state index contributed by atoms with van der Waals surface area (Å²) in [5, 5.41) is 13.9. The lowest BCUT2D eigenvalue weighted by molar-refractivity contribution is 0.594. The lowest BCUT2D eigenvalue weighted by atomic mass is 10.0. The Morgan fingerprint density at radius 3 is 2.67 bits per heavy atom. The van der Waals surface area contributed by atoms with Gasteiger partial charge in [-0.05, 0) is 48.0 Å². The summed E-state index contributed by atoms with van der Waals surface area (Å²) in [6.45, 7) is 0. The number of thioether (sulfide) groups is 1. The van der Waals surface area contributed by atoms with Gasteiger partial charge in [-0.15, -0.1) is 16.2 Å². The van der Waals surface area contributed by atoms with Crippen molar-refractivity contribution in [1.29, 1.82) is 5.26 Å². The molecule has 7 nitrogen and oxygen atoms in total. The predicted octanol–water partition coefficient (Wildman–Crippen LogP) is 3.43. The Bertz CT molecular complexity index is 1310. The Balaban J connectivity index is 1.81. The number of hydrogen-bond donors (Lipinski definition) is 0. The van der Waals surface area contributed by atoms with Gasteiger partial charge in [0.1, 0.15) is 18.2 Å². The molecular weight excluding hydrogens is 425 g/mol. The molecule has 1 aliphatic rings. The number of halogens is 1. The van der Waals surface area contributed by atoms with Crippen molar-refractivity contribution in [1.82, 2.24) is 14.7 Å². The molecule has 0 radical (unpaired) electrons. The largest absolute Gasteiger partial charge is 0.368 e. The van der Waals surface area contributed by atoms with Crippen molar-refractivity contribution in [2.24, 2.45) is 4.40 Å². The number of aromatic nitrogens is 2. The van der Waals surface area contributed by atoms with Crippen LogP contribution in [0, 0.1) is 17.1 Å². The average Bonchev–Trinajstić information content (AvgIpc) is 3.11. The van der Waals surface area contributed by atoms with Crippen molar-refractivity contribution in [2.45, 2.75) is 15.5 Å². The zero-order valence-electron chi connectivity index (χ0n) is 16.1.